The van der Waals surface area contributed by atoms with Crippen LogP contribution in [0, 0.1) is 0 Å². The summed E-state index contributed by atoms with van der Waals surface area (Å²) in [6.07, 6.45) is 1.83. The van der Waals surface area contributed by atoms with Gasteiger partial charge < -0.3 is 5.73 Å². The van der Waals surface area contributed by atoms with Gasteiger partial charge in [0.2, 0.25) is 0 Å². The molecule has 12 heavy (non-hydrogen) atoms. The summed E-state index contributed by atoms with van der Waals surface area (Å²) in [7, 11) is 0. The van der Waals surface area contributed by atoms with Crippen LogP contribution >= 0.6 is 0 Å². The van der Waals surface area contributed by atoms with Gasteiger partial charge in [0, 0.05) is 13.0 Å². The molecule has 5 heteroatoms. The second-order valence-corrected chi connectivity index (χ2v) is 2.40. The Balaban J connectivity index is 2.79. The first kappa shape index (κ1) is 8.86. The summed E-state index contributed by atoms with van der Waals surface area (Å²) in [5.74, 6) is 0.00403. The van der Waals surface area contributed by atoms with Crippen molar-refractivity contribution in [3.63, 3.8) is 0 Å². The maximum absolute atomic E-state index is 11.3. The van der Waals surface area contributed by atoms with Gasteiger partial charge in [-0.15, -0.1) is 5.10 Å². The number of carbonyl (C=O) groups excluding carboxylic acids is 1. The average Bonchev–Trinajstić information content (AvgIpc) is 2.51. The molecule has 0 spiro atoms. The number of hydrogen-bond donors (Lipinski definition) is 1. The lowest BCUT2D eigenvalue weighted by Gasteiger charge is -1.99. The molecule has 1 aromatic heterocycles. The zero-order valence-corrected chi connectivity index (χ0v) is 7.03. The highest BCUT2D eigenvalue weighted by Crippen LogP contribution is 1.99. The predicted octanol–water partition coefficient (Wildman–Crippen LogP) is -0.170. The van der Waals surface area contributed by atoms with Crippen molar-refractivity contribution >= 4 is 5.78 Å². The van der Waals surface area contributed by atoms with E-state index < -0.39 is 0 Å². The fraction of sp³-hybridized carbons (Fsp3) is 0.571. The van der Waals surface area contributed by atoms with Gasteiger partial charge in [-0.2, -0.15) is 0 Å². The highest BCUT2D eigenvalue weighted by atomic mass is 16.1. The molecule has 0 aromatic carbocycles. The van der Waals surface area contributed by atoms with Gasteiger partial charge >= 0.3 is 0 Å². The maximum Gasteiger partial charge on any atom is 0.183 e. The van der Waals surface area contributed by atoms with Crippen LogP contribution in [0.15, 0.2) is 6.20 Å². The van der Waals surface area contributed by atoms with Crippen molar-refractivity contribution in [1.29, 1.82) is 0 Å². The Bertz CT molecular complexity index is 268. The number of rotatable bonds is 4. The van der Waals surface area contributed by atoms with E-state index in [1.165, 1.54) is 6.20 Å². The number of hydrogen-bond acceptors (Lipinski definition) is 4. The first-order valence-corrected chi connectivity index (χ1v) is 3.91. The zero-order valence-electron chi connectivity index (χ0n) is 7.03. The molecule has 0 radical (unpaired) electrons. The Morgan fingerprint density at radius 1 is 1.75 bits per heavy atom. The molecule has 1 heterocycles. The van der Waals surface area contributed by atoms with Crippen LogP contribution in [-0.2, 0) is 6.54 Å². The lowest BCUT2D eigenvalue weighted by atomic mass is 10.2. The highest BCUT2D eigenvalue weighted by molar-refractivity contribution is 5.94. The van der Waals surface area contributed by atoms with Gasteiger partial charge in [0.15, 0.2) is 5.78 Å². The number of aromatic nitrogens is 3. The van der Waals surface area contributed by atoms with Gasteiger partial charge in [0.05, 0.1) is 6.20 Å². The topological polar surface area (TPSA) is 73.8 Å². The molecular weight excluding hydrogens is 156 g/mol. The second-order valence-electron chi connectivity index (χ2n) is 2.40. The third kappa shape index (κ3) is 1.68. The smallest absolute Gasteiger partial charge is 0.183 e. The second kappa shape index (κ2) is 3.96. The van der Waals surface area contributed by atoms with Crippen molar-refractivity contribution in [1.82, 2.24) is 15.0 Å². The Morgan fingerprint density at radius 3 is 3.08 bits per heavy atom. The summed E-state index contributed by atoms with van der Waals surface area (Å²) < 4.78 is 1.57. The van der Waals surface area contributed by atoms with E-state index in [2.05, 4.69) is 10.3 Å². The van der Waals surface area contributed by atoms with Crippen molar-refractivity contribution in [3.05, 3.63) is 11.9 Å². The third-order valence-electron chi connectivity index (χ3n) is 1.57. The summed E-state index contributed by atoms with van der Waals surface area (Å²) >= 11 is 0. The molecule has 2 N–H and O–H groups in total. The molecule has 0 saturated carbocycles. The van der Waals surface area contributed by atoms with Crippen molar-refractivity contribution < 1.29 is 4.79 Å². The molecule has 0 aliphatic rings. The largest absolute Gasteiger partial charge is 0.330 e. The van der Waals surface area contributed by atoms with Crippen molar-refractivity contribution in [2.24, 2.45) is 5.73 Å². The Morgan fingerprint density at radius 2 is 2.50 bits per heavy atom. The summed E-state index contributed by atoms with van der Waals surface area (Å²) in [5, 5.41) is 7.39. The van der Waals surface area contributed by atoms with Crippen LogP contribution in [0.1, 0.15) is 23.8 Å². The normalized spacial score (nSPS) is 10.2. The SMILES string of the molecule is CCn1nncc1C(=O)CCN. The minimum atomic E-state index is 0.00403. The number of nitrogens with two attached hydrogens (primary N) is 1. The lowest BCUT2D eigenvalue weighted by molar-refractivity contribution is 0.0975. The molecule has 0 amide bonds. The number of Topliss-reactive ketones (excluding diaryl/α,β-unsaturated/α-hetero) is 1. The van der Waals surface area contributed by atoms with Crippen molar-refractivity contribution in [2.45, 2.75) is 19.9 Å². The highest BCUT2D eigenvalue weighted by Gasteiger charge is 2.10. The van der Waals surface area contributed by atoms with E-state index in [-0.39, 0.29) is 5.78 Å². The first-order valence-electron chi connectivity index (χ1n) is 3.91. The van der Waals surface area contributed by atoms with Crippen LogP contribution in [-0.4, -0.2) is 27.3 Å². The van der Waals surface area contributed by atoms with Crippen LogP contribution in [0.5, 0.6) is 0 Å². The minimum absolute atomic E-state index is 0.00403. The number of nitrogens with zero attached hydrogens (tertiary/aromatic N) is 3. The molecule has 0 unspecified atom stereocenters. The van der Waals surface area contributed by atoms with Crippen LogP contribution in [0.2, 0.25) is 0 Å². The Kier molecular flexibility index (Phi) is 2.93. The maximum atomic E-state index is 11.3. The van der Waals surface area contributed by atoms with Crippen molar-refractivity contribution in [2.75, 3.05) is 6.54 Å². The van der Waals surface area contributed by atoms with Gasteiger partial charge in [-0.3, -0.25) is 4.79 Å². The predicted molar refractivity (Wildman–Crippen MR) is 43.7 cm³/mol. The first-order chi connectivity index (χ1) is 5.79. The lowest BCUT2D eigenvalue weighted by Crippen LogP contribution is -2.13. The molecule has 5 nitrogen and oxygen atoms in total. The monoisotopic (exact) mass is 168 g/mol. The number of aryl methyl sites for hydroxylation is 1. The molecule has 0 saturated heterocycles. The van der Waals surface area contributed by atoms with Gasteiger partial charge in [0.1, 0.15) is 5.69 Å². The molecular formula is C7H12N4O. The average molecular weight is 168 g/mol. The van der Waals surface area contributed by atoms with Crippen molar-refractivity contribution in [3.8, 4) is 0 Å². The van der Waals surface area contributed by atoms with E-state index in [1.807, 2.05) is 6.92 Å². The Hall–Kier alpha value is -1.23. The molecule has 0 bridgehead atoms. The number of ketones is 1. The van der Waals surface area contributed by atoms with Crippen LogP contribution in [0.4, 0.5) is 0 Å². The third-order valence-corrected chi connectivity index (χ3v) is 1.57. The summed E-state index contributed by atoms with van der Waals surface area (Å²) in [6, 6.07) is 0. The van der Waals surface area contributed by atoms with E-state index in [0.717, 1.165) is 0 Å². The van der Waals surface area contributed by atoms with Crippen LogP contribution in [0.3, 0.4) is 0 Å². The molecule has 0 aliphatic carbocycles. The van der Waals surface area contributed by atoms with E-state index in [1.54, 1.807) is 4.68 Å². The number of carbonyl (C=O) groups is 1. The van der Waals surface area contributed by atoms with Gasteiger partial charge in [-0.25, -0.2) is 4.68 Å². The minimum Gasteiger partial charge on any atom is -0.330 e. The summed E-state index contributed by atoms with van der Waals surface area (Å²) in [5.41, 5.74) is 5.80. The standard InChI is InChI=1S/C7H12N4O/c1-2-11-6(5-9-10-11)7(12)3-4-8/h5H,2-4,8H2,1H3. The van der Waals surface area contributed by atoms with E-state index >= 15 is 0 Å². The Labute approximate surface area is 70.6 Å². The molecule has 0 atom stereocenters. The molecule has 1 aromatic rings. The fourth-order valence-corrected chi connectivity index (χ4v) is 0.966. The molecule has 0 aliphatic heterocycles. The summed E-state index contributed by atoms with van der Waals surface area (Å²) in [6.45, 7) is 2.94. The van der Waals surface area contributed by atoms with Gasteiger partial charge in [-0.05, 0) is 13.5 Å². The van der Waals surface area contributed by atoms with E-state index in [4.69, 9.17) is 5.73 Å². The molecule has 0 fully saturated rings. The molecule has 66 valence electrons. The molecule has 1 rings (SSSR count). The van der Waals surface area contributed by atoms with Gasteiger partial charge in [0.25, 0.3) is 0 Å². The van der Waals surface area contributed by atoms with E-state index in [9.17, 15) is 4.79 Å². The van der Waals surface area contributed by atoms with Crippen LogP contribution < -0.4 is 5.73 Å². The van der Waals surface area contributed by atoms with E-state index in [0.29, 0.717) is 25.2 Å². The summed E-state index contributed by atoms with van der Waals surface area (Å²) in [4.78, 5) is 11.3. The van der Waals surface area contributed by atoms with Gasteiger partial charge in [-0.1, -0.05) is 5.21 Å². The quantitative estimate of drug-likeness (QED) is 0.633. The van der Waals surface area contributed by atoms with Crippen LogP contribution in [0.25, 0.3) is 0 Å². The fourth-order valence-electron chi connectivity index (χ4n) is 0.966. The zero-order chi connectivity index (χ0) is 8.97.